The van der Waals surface area contributed by atoms with Crippen molar-refractivity contribution >= 4 is 70.1 Å². The average molecular weight is 880 g/mol. The van der Waals surface area contributed by atoms with Gasteiger partial charge in [-0.2, -0.15) is 5.82 Å². The number of hydrogen-bond donors (Lipinski definition) is 5. The van der Waals surface area contributed by atoms with Gasteiger partial charge in [-0.3, -0.25) is 14.1 Å². The van der Waals surface area contributed by atoms with Crippen LogP contribution in [0.25, 0.3) is 0 Å². The highest BCUT2D eigenvalue weighted by atomic mass is 33.1. The van der Waals surface area contributed by atoms with Gasteiger partial charge in [-0.25, -0.2) is 4.57 Å². The van der Waals surface area contributed by atoms with Gasteiger partial charge in [-0.1, -0.05) is 81.9 Å². The van der Waals surface area contributed by atoms with Crippen LogP contribution in [0.3, 0.4) is 0 Å². The number of carbonyl (C=O) groups excluding carboxylic acids is 2. The molecular weight excluding hydrogens is 824 g/mol. The summed E-state index contributed by atoms with van der Waals surface area (Å²) in [6.45, 7) is 11.1. The first-order chi connectivity index (χ1) is 26.6. The molecule has 0 aromatic heterocycles. The number of rotatable bonds is 26. The zero-order valence-electron chi connectivity index (χ0n) is 32.7. The van der Waals surface area contributed by atoms with Gasteiger partial charge < -0.3 is 54.6 Å². The van der Waals surface area contributed by atoms with Gasteiger partial charge in [0.25, 0.3) is 5.91 Å². The summed E-state index contributed by atoms with van der Waals surface area (Å²) >= 11 is 0. The van der Waals surface area contributed by atoms with Crippen LogP contribution in [0, 0.1) is 23.6 Å². The van der Waals surface area contributed by atoms with Crippen LogP contribution in [0.2, 0.25) is 0 Å². The number of nitrogens with one attached hydrogen (secondary N) is 2. The molecule has 1 aliphatic rings. The van der Waals surface area contributed by atoms with Gasteiger partial charge in [0.2, 0.25) is 13.2 Å². The lowest BCUT2D eigenvalue weighted by atomic mass is 9.71. The van der Waals surface area contributed by atoms with Crippen molar-refractivity contribution < 1.29 is 56.9 Å². The normalized spacial score (nSPS) is 18.4. The van der Waals surface area contributed by atoms with Crippen molar-refractivity contribution in [1.82, 2.24) is 10.6 Å². The van der Waals surface area contributed by atoms with Crippen LogP contribution in [0.15, 0.2) is 24.3 Å². The van der Waals surface area contributed by atoms with Crippen molar-refractivity contribution in [2.24, 2.45) is 5.73 Å². The SMILES string of the molecule is CC#CC(C)OCC1O[C@@H](BC#CCNC(=O)COCCOC(COc2cccc(C(=O)NCCN)c2)SSC(C)(C)C)C[C@H]1O[C@@H](COP(=O)(O)O)SSC. The van der Waals surface area contributed by atoms with E-state index in [1.165, 1.54) is 32.4 Å². The van der Waals surface area contributed by atoms with Gasteiger partial charge >= 0.3 is 7.82 Å². The molecule has 1 aromatic rings. The third kappa shape index (κ3) is 23.7. The molecule has 0 saturated carbocycles. The Morgan fingerprint density at radius 2 is 1.93 bits per heavy atom. The average Bonchev–Trinajstić information content (AvgIpc) is 3.52. The summed E-state index contributed by atoms with van der Waals surface area (Å²) in [7, 11) is 1.57. The highest BCUT2D eigenvalue weighted by molar-refractivity contribution is 8.77. The number of phosphoric ester groups is 1. The second-order valence-electron chi connectivity index (χ2n) is 12.9. The minimum Gasteiger partial charge on any atom is -0.490 e. The van der Waals surface area contributed by atoms with Gasteiger partial charge in [0.05, 0.1) is 39.1 Å². The molecule has 6 N–H and O–H groups in total. The van der Waals surface area contributed by atoms with Crippen molar-refractivity contribution in [3.8, 4) is 29.3 Å². The molecule has 3 unspecified atom stereocenters. The van der Waals surface area contributed by atoms with Gasteiger partial charge in [0.15, 0.2) is 0 Å². The molecule has 2 rings (SSSR count). The Kier molecular flexibility index (Phi) is 25.3. The van der Waals surface area contributed by atoms with Crippen LogP contribution >= 0.6 is 51.0 Å². The predicted molar refractivity (Wildman–Crippen MR) is 227 cm³/mol. The maximum absolute atomic E-state index is 12.4. The first-order valence-electron chi connectivity index (χ1n) is 17.8. The fourth-order valence-electron chi connectivity index (χ4n) is 4.58. The Balaban J connectivity index is 1.79. The summed E-state index contributed by atoms with van der Waals surface area (Å²) in [5, 5.41) is 5.46. The van der Waals surface area contributed by atoms with Crippen molar-refractivity contribution in [1.29, 1.82) is 0 Å². The van der Waals surface area contributed by atoms with E-state index in [1.807, 2.05) is 13.2 Å². The zero-order valence-corrected chi connectivity index (χ0v) is 36.8. The Bertz CT molecular complexity index is 1500. The molecular formula is C35H55BN3O12PS4. The van der Waals surface area contributed by atoms with Gasteiger partial charge in [-0.05, 0) is 44.7 Å². The number of nitrogens with two attached hydrogens (primary N) is 1. The van der Waals surface area contributed by atoms with Crippen LogP contribution in [0.4, 0.5) is 0 Å². The van der Waals surface area contributed by atoms with Crippen LogP contribution in [-0.4, -0.2) is 134 Å². The Hall–Kier alpha value is -1.59. The first kappa shape index (κ1) is 50.6. The largest absolute Gasteiger partial charge is 0.490 e. The fraction of sp³-hybridized carbons (Fsp3) is 0.657. The molecule has 6 atom stereocenters. The zero-order chi connectivity index (χ0) is 41.4. The number of carbonyl (C=O) groups is 2. The highest BCUT2D eigenvalue weighted by Crippen LogP contribution is 2.40. The number of benzene rings is 1. The number of hydrogen-bond acceptors (Lipinski definition) is 15. The summed E-state index contributed by atoms with van der Waals surface area (Å²) < 4.78 is 51.6. The number of phosphoric acid groups is 1. The van der Waals surface area contributed by atoms with Crippen LogP contribution < -0.4 is 21.1 Å². The lowest BCUT2D eigenvalue weighted by molar-refractivity contribution is -0.126. The second kappa shape index (κ2) is 28.0. The minimum absolute atomic E-state index is 0.0179. The van der Waals surface area contributed by atoms with Crippen LogP contribution in [0.5, 0.6) is 5.75 Å². The molecule has 1 heterocycles. The maximum atomic E-state index is 12.4. The molecule has 0 spiro atoms. The van der Waals surface area contributed by atoms with Gasteiger partial charge in [0, 0.05) is 29.4 Å². The summed E-state index contributed by atoms with van der Waals surface area (Å²) in [4.78, 5) is 43.0. The predicted octanol–water partition coefficient (Wildman–Crippen LogP) is 3.18. The van der Waals surface area contributed by atoms with E-state index in [2.05, 4.69) is 59.5 Å². The standard InChI is InChI=1S/C35H55BN3O12PS4/c1-7-10-25(2)47-21-29-28(51-33(54-53-6)24-49-52(42,43)44)20-30(50-29)36-13-9-15-38-31(40)22-45-17-18-46-32(55-56-35(3,4)5)23-48-27-12-8-11-26(19-27)34(41)39-16-14-37/h8,11-12,19,25,28-30,32-33,36H,14-18,20-24,37H2,1-6H3,(H,38,40)(H,39,41)(H2,42,43,44)/t25?,28-,29?,30-,32?,33-/m1/s1. The van der Waals surface area contributed by atoms with Crippen molar-refractivity contribution in [3.63, 3.8) is 0 Å². The van der Waals surface area contributed by atoms with E-state index in [-0.39, 0.29) is 80.3 Å². The molecule has 0 radical (unpaired) electrons. The third-order valence-corrected chi connectivity index (χ3v) is 12.8. The molecule has 15 nitrogen and oxygen atoms in total. The monoisotopic (exact) mass is 879 g/mol. The van der Waals surface area contributed by atoms with Crippen molar-refractivity contribution in [3.05, 3.63) is 29.8 Å². The molecule has 56 heavy (non-hydrogen) atoms. The van der Waals surface area contributed by atoms with E-state index in [0.29, 0.717) is 38.1 Å². The minimum atomic E-state index is -4.67. The molecule has 314 valence electrons. The third-order valence-electron chi connectivity index (χ3n) is 6.96. The Labute approximate surface area is 347 Å². The molecule has 0 aliphatic carbocycles. The molecule has 0 bridgehead atoms. The molecule has 21 heteroatoms. The smallest absolute Gasteiger partial charge is 0.469 e. The molecule has 2 amide bonds. The van der Waals surface area contributed by atoms with Crippen LogP contribution in [0.1, 0.15) is 51.4 Å². The van der Waals surface area contributed by atoms with E-state index < -0.39 is 25.5 Å². The molecule has 1 aliphatic heterocycles. The summed E-state index contributed by atoms with van der Waals surface area (Å²) in [6.07, 6.45) is 1.09. The van der Waals surface area contributed by atoms with Crippen molar-refractivity contribution in [2.45, 2.75) is 81.0 Å². The van der Waals surface area contributed by atoms with Crippen LogP contribution in [-0.2, 0) is 37.6 Å². The van der Waals surface area contributed by atoms with E-state index in [4.69, 9.17) is 43.9 Å². The number of amides is 2. The van der Waals surface area contributed by atoms with E-state index >= 15 is 0 Å². The highest BCUT2D eigenvalue weighted by Gasteiger charge is 2.38. The summed E-state index contributed by atoms with van der Waals surface area (Å²) in [5.74, 6) is 11.7. The topological polar surface area (TPSA) is 206 Å². The fourth-order valence-corrected chi connectivity index (χ4v) is 8.68. The number of ether oxygens (including phenoxy) is 6. The molecule has 1 fully saturated rings. The van der Waals surface area contributed by atoms with Gasteiger partial charge in [0.1, 0.15) is 42.0 Å². The van der Waals surface area contributed by atoms with Crippen molar-refractivity contribution in [2.75, 3.05) is 65.5 Å². The summed E-state index contributed by atoms with van der Waals surface area (Å²) in [6, 6.07) is 6.61. The Morgan fingerprint density at radius 3 is 2.62 bits per heavy atom. The first-order valence-corrected chi connectivity index (χ1v) is 24.2. The van der Waals surface area contributed by atoms with E-state index in [9.17, 15) is 14.2 Å². The van der Waals surface area contributed by atoms with E-state index in [0.717, 1.165) is 0 Å². The lowest BCUT2D eigenvalue weighted by Crippen LogP contribution is -2.34. The quantitative estimate of drug-likeness (QED) is 0.0226. The lowest BCUT2D eigenvalue weighted by Gasteiger charge is -2.25. The van der Waals surface area contributed by atoms with E-state index in [1.54, 1.807) is 42.0 Å². The molecule has 1 aromatic carbocycles. The summed E-state index contributed by atoms with van der Waals surface area (Å²) in [5.41, 5.74) is 4.95. The van der Waals surface area contributed by atoms with Gasteiger partial charge in [-0.15, -0.1) is 5.92 Å². The molecule has 1 saturated heterocycles. The Morgan fingerprint density at radius 1 is 1.14 bits per heavy atom. The second-order valence-corrected chi connectivity index (χ2v) is 20.0. The maximum Gasteiger partial charge on any atom is 0.469 e.